The van der Waals surface area contributed by atoms with Gasteiger partial charge >= 0.3 is 0 Å². The largest absolute Gasteiger partial charge is 0.457 e. The Balaban J connectivity index is 1.82. The van der Waals surface area contributed by atoms with Crippen molar-refractivity contribution in [3.05, 3.63) is 42.2 Å². The number of aromatic nitrogens is 3. The molecule has 136 valence electrons. The monoisotopic (exact) mass is 352 g/mol. The zero-order valence-corrected chi connectivity index (χ0v) is 15.6. The van der Waals surface area contributed by atoms with Crippen molar-refractivity contribution in [2.24, 2.45) is 13.0 Å². The molecule has 2 aromatic heterocycles. The van der Waals surface area contributed by atoms with E-state index < -0.39 is 0 Å². The highest BCUT2D eigenvalue weighted by atomic mass is 16.5. The molecule has 0 atom stereocenters. The van der Waals surface area contributed by atoms with E-state index in [1.165, 1.54) is 0 Å². The predicted octanol–water partition coefficient (Wildman–Crippen LogP) is 3.96. The highest BCUT2D eigenvalue weighted by Gasteiger charge is 2.10. The lowest BCUT2D eigenvalue weighted by Crippen LogP contribution is -2.11. The van der Waals surface area contributed by atoms with Crippen LogP contribution in [0.5, 0.6) is 11.5 Å². The lowest BCUT2D eigenvalue weighted by atomic mass is 10.2. The van der Waals surface area contributed by atoms with Gasteiger partial charge in [-0.25, -0.2) is 4.98 Å². The van der Waals surface area contributed by atoms with Crippen LogP contribution in [0.3, 0.4) is 0 Å². The number of pyridine rings is 1. The molecule has 0 aliphatic carbocycles. The number of aryl methyl sites for hydroxylation is 1. The number of Topliss-reactive ketones (excluding diaryl/α,β-unsaturated/α-hetero) is 1. The molecular formula is C20H24N4O2. The van der Waals surface area contributed by atoms with Gasteiger partial charge in [0.15, 0.2) is 0 Å². The van der Waals surface area contributed by atoms with Crippen molar-refractivity contribution in [2.75, 3.05) is 11.9 Å². The molecule has 1 aromatic carbocycles. The third-order valence-corrected chi connectivity index (χ3v) is 3.97. The molecule has 0 aliphatic rings. The number of fused-ring (bicyclic) bond motifs is 1. The minimum atomic E-state index is 0.0750. The molecule has 0 bridgehead atoms. The Hall–Kier alpha value is -2.89. The maximum atomic E-state index is 11.3. The van der Waals surface area contributed by atoms with Gasteiger partial charge in [-0.15, -0.1) is 0 Å². The zero-order valence-electron chi connectivity index (χ0n) is 15.6. The van der Waals surface area contributed by atoms with Gasteiger partial charge in [0.05, 0.1) is 16.7 Å². The van der Waals surface area contributed by atoms with Crippen molar-refractivity contribution in [1.82, 2.24) is 14.5 Å². The molecule has 0 saturated heterocycles. The van der Waals surface area contributed by atoms with Crippen molar-refractivity contribution in [2.45, 2.75) is 27.2 Å². The second kappa shape index (κ2) is 7.56. The number of rotatable bonds is 7. The molecule has 6 heteroatoms. The molecule has 3 aromatic rings. The van der Waals surface area contributed by atoms with Gasteiger partial charge in [-0.2, -0.15) is 0 Å². The minimum absolute atomic E-state index is 0.0750. The van der Waals surface area contributed by atoms with Gasteiger partial charge in [-0.3, -0.25) is 9.78 Å². The second-order valence-electron chi connectivity index (χ2n) is 6.88. The number of benzene rings is 1. The summed E-state index contributed by atoms with van der Waals surface area (Å²) in [5.74, 6) is 2.82. The number of nitrogens with zero attached hydrogens (tertiary/aromatic N) is 3. The van der Waals surface area contributed by atoms with E-state index in [9.17, 15) is 4.79 Å². The van der Waals surface area contributed by atoms with Crippen LogP contribution in [-0.2, 0) is 18.3 Å². The molecule has 2 heterocycles. The minimum Gasteiger partial charge on any atom is -0.457 e. The number of carbonyl (C=O) groups excluding carboxylic acids is 1. The third kappa shape index (κ3) is 4.20. The quantitative estimate of drug-likeness (QED) is 0.697. The first-order valence-electron chi connectivity index (χ1n) is 8.75. The Morgan fingerprint density at radius 1 is 1.23 bits per heavy atom. The second-order valence-corrected chi connectivity index (χ2v) is 6.88. The molecule has 0 saturated carbocycles. The van der Waals surface area contributed by atoms with Crippen LogP contribution >= 0.6 is 0 Å². The highest BCUT2D eigenvalue weighted by Crippen LogP contribution is 2.27. The Kier molecular flexibility index (Phi) is 5.21. The van der Waals surface area contributed by atoms with E-state index in [0.29, 0.717) is 29.5 Å². The Bertz CT molecular complexity index is 931. The molecule has 6 nitrogen and oxygen atoms in total. The van der Waals surface area contributed by atoms with E-state index in [4.69, 9.17) is 4.74 Å². The van der Waals surface area contributed by atoms with E-state index in [1.54, 1.807) is 25.3 Å². The fourth-order valence-electron chi connectivity index (χ4n) is 2.70. The number of imidazole rings is 1. The van der Waals surface area contributed by atoms with Gasteiger partial charge < -0.3 is 14.6 Å². The van der Waals surface area contributed by atoms with Crippen LogP contribution in [0.4, 0.5) is 5.95 Å². The molecule has 3 rings (SSSR count). The maximum Gasteiger partial charge on any atom is 0.203 e. The SMILES string of the molecule is CC(=O)Cc1cc(Oc2ccc3c(c2)nc(NCC(C)C)n3C)ccn1. The van der Waals surface area contributed by atoms with E-state index in [0.717, 1.165) is 23.5 Å². The summed E-state index contributed by atoms with van der Waals surface area (Å²) in [4.78, 5) is 20.1. The first kappa shape index (κ1) is 17.9. The smallest absolute Gasteiger partial charge is 0.203 e. The fraction of sp³-hybridized carbons (Fsp3) is 0.350. The molecule has 0 amide bonds. The summed E-state index contributed by atoms with van der Waals surface area (Å²) < 4.78 is 7.98. The number of ether oxygens (including phenoxy) is 1. The summed E-state index contributed by atoms with van der Waals surface area (Å²) in [5, 5.41) is 3.37. The normalized spacial score (nSPS) is 11.1. The lowest BCUT2D eigenvalue weighted by molar-refractivity contribution is -0.116. The van der Waals surface area contributed by atoms with Crippen LogP contribution in [-0.4, -0.2) is 26.9 Å². The fourth-order valence-corrected chi connectivity index (χ4v) is 2.70. The molecule has 0 unspecified atom stereocenters. The Morgan fingerprint density at radius 2 is 2.00 bits per heavy atom. The van der Waals surface area contributed by atoms with Crippen LogP contribution in [0.1, 0.15) is 26.5 Å². The summed E-state index contributed by atoms with van der Waals surface area (Å²) in [6, 6.07) is 9.40. The van der Waals surface area contributed by atoms with E-state index in [2.05, 4.69) is 29.1 Å². The summed E-state index contributed by atoms with van der Waals surface area (Å²) >= 11 is 0. The van der Waals surface area contributed by atoms with Gasteiger partial charge in [0.25, 0.3) is 0 Å². The van der Waals surface area contributed by atoms with Crippen molar-refractivity contribution in [1.29, 1.82) is 0 Å². The van der Waals surface area contributed by atoms with Crippen LogP contribution in [0.15, 0.2) is 36.5 Å². The zero-order chi connectivity index (χ0) is 18.7. The molecule has 0 radical (unpaired) electrons. The average molecular weight is 352 g/mol. The maximum absolute atomic E-state index is 11.3. The van der Waals surface area contributed by atoms with Crippen LogP contribution in [0.2, 0.25) is 0 Å². The van der Waals surface area contributed by atoms with Crippen LogP contribution in [0, 0.1) is 5.92 Å². The summed E-state index contributed by atoms with van der Waals surface area (Å²) in [7, 11) is 2.00. The first-order chi connectivity index (χ1) is 12.4. The van der Waals surface area contributed by atoms with Gasteiger partial charge in [-0.1, -0.05) is 13.8 Å². The molecule has 0 fully saturated rings. The summed E-state index contributed by atoms with van der Waals surface area (Å²) in [5.41, 5.74) is 2.61. The van der Waals surface area contributed by atoms with Gasteiger partial charge in [-0.05, 0) is 31.0 Å². The lowest BCUT2D eigenvalue weighted by Gasteiger charge is -2.08. The van der Waals surface area contributed by atoms with E-state index in [1.807, 2.05) is 29.8 Å². The number of anilines is 1. The van der Waals surface area contributed by atoms with E-state index >= 15 is 0 Å². The topological polar surface area (TPSA) is 69.0 Å². The standard InChI is InChI=1S/C20H24N4O2/c1-13(2)12-22-20-23-18-11-16(5-6-19(18)24(20)4)26-17-7-8-21-15(10-17)9-14(3)25/h5-8,10-11,13H,9,12H2,1-4H3,(H,22,23). The van der Waals surface area contributed by atoms with Gasteiger partial charge in [0.2, 0.25) is 5.95 Å². The van der Waals surface area contributed by atoms with Crippen molar-refractivity contribution >= 4 is 22.8 Å². The molecule has 26 heavy (non-hydrogen) atoms. The predicted molar refractivity (Wildman–Crippen MR) is 103 cm³/mol. The summed E-state index contributed by atoms with van der Waals surface area (Å²) in [6.07, 6.45) is 1.96. The third-order valence-electron chi connectivity index (χ3n) is 3.97. The summed E-state index contributed by atoms with van der Waals surface area (Å²) in [6.45, 7) is 6.75. The van der Waals surface area contributed by atoms with E-state index in [-0.39, 0.29) is 5.78 Å². The van der Waals surface area contributed by atoms with Crippen LogP contribution in [0.25, 0.3) is 11.0 Å². The van der Waals surface area contributed by atoms with Gasteiger partial charge in [0.1, 0.15) is 17.3 Å². The van der Waals surface area contributed by atoms with Crippen LogP contribution < -0.4 is 10.1 Å². The van der Waals surface area contributed by atoms with Crippen molar-refractivity contribution in [3.63, 3.8) is 0 Å². The first-order valence-corrected chi connectivity index (χ1v) is 8.75. The highest BCUT2D eigenvalue weighted by molar-refractivity contribution is 5.80. The molecular weight excluding hydrogens is 328 g/mol. The number of hydrogen-bond acceptors (Lipinski definition) is 5. The Morgan fingerprint density at radius 3 is 2.73 bits per heavy atom. The molecule has 1 N–H and O–H groups in total. The van der Waals surface area contributed by atoms with Crippen molar-refractivity contribution in [3.8, 4) is 11.5 Å². The molecule has 0 aliphatic heterocycles. The number of carbonyl (C=O) groups is 1. The molecule has 0 spiro atoms. The number of ketones is 1. The number of nitrogens with one attached hydrogen (secondary N) is 1. The number of hydrogen-bond donors (Lipinski definition) is 1. The van der Waals surface area contributed by atoms with Crippen molar-refractivity contribution < 1.29 is 9.53 Å². The Labute approximate surface area is 153 Å². The average Bonchev–Trinajstić information content (AvgIpc) is 2.88. The van der Waals surface area contributed by atoms with Gasteiger partial charge in [0, 0.05) is 38.3 Å².